The summed E-state index contributed by atoms with van der Waals surface area (Å²) in [5.74, 6) is 0.0489. The van der Waals surface area contributed by atoms with Gasteiger partial charge in [-0.15, -0.1) is 5.10 Å². The third kappa shape index (κ3) is 3.17. The van der Waals surface area contributed by atoms with Crippen LogP contribution >= 0.6 is 0 Å². The molecule has 1 aromatic heterocycles. The number of aromatic nitrogens is 3. The number of benzene rings is 2. The molecule has 148 valence electrons. The average Bonchev–Trinajstić information content (AvgIpc) is 3.32. The van der Waals surface area contributed by atoms with Crippen molar-refractivity contribution >= 4 is 6.09 Å². The molecule has 7 heteroatoms. The molecule has 5 rings (SSSR count). The Morgan fingerprint density at radius 1 is 1.10 bits per heavy atom. The van der Waals surface area contributed by atoms with E-state index < -0.39 is 6.09 Å². The molecule has 1 amide bonds. The molecule has 0 bridgehead atoms. The first-order valence-corrected chi connectivity index (χ1v) is 9.87. The molecular weight excluding hydrogens is 368 g/mol. The van der Waals surface area contributed by atoms with Crippen LogP contribution in [0.25, 0.3) is 11.1 Å². The summed E-state index contributed by atoms with van der Waals surface area (Å²) >= 11 is 0. The summed E-state index contributed by atoms with van der Waals surface area (Å²) in [6, 6.07) is 16.6. The summed E-state index contributed by atoms with van der Waals surface area (Å²) < 4.78 is 7.33. The standard InChI is InChI=1S/C22H22N4O3/c27-12-14-11-26(25-24-14)21-10-9-20(21)23-22(28)29-13-19-17-7-3-1-5-15(17)16-6-2-4-8-18(16)19/h1-8,11,19-21,27H,9-10,12-13H2,(H,23,28). The highest BCUT2D eigenvalue weighted by Gasteiger charge is 2.35. The number of ether oxygens (including phenoxy) is 1. The van der Waals surface area contributed by atoms with Crippen LogP contribution in [0, 0.1) is 0 Å². The highest BCUT2D eigenvalue weighted by atomic mass is 16.5. The monoisotopic (exact) mass is 390 g/mol. The zero-order valence-corrected chi connectivity index (χ0v) is 15.9. The van der Waals surface area contributed by atoms with Crippen LogP contribution in [-0.4, -0.2) is 38.8 Å². The highest BCUT2D eigenvalue weighted by Crippen LogP contribution is 2.44. The van der Waals surface area contributed by atoms with Crippen molar-refractivity contribution in [1.29, 1.82) is 0 Å². The molecule has 0 radical (unpaired) electrons. The first-order chi connectivity index (χ1) is 14.2. The van der Waals surface area contributed by atoms with Crippen molar-refractivity contribution in [3.63, 3.8) is 0 Å². The molecule has 29 heavy (non-hydrogen) atoms. The van der Waals surface area contributed by atoms with Gasteiger partial charge in [-0.05, 0) is 35.1 Å². The Kier molecular flexibility index (Phi) is 4.52. The van der Waals surface area contributed by atoms with Gasteiger partial charge in [0.05, 0.1) is 24.9 Å². The smallest absolute Gasteiger partial charge is 0.407 e. The van der Waals surface area contributed by atoms with Gasteiger partial charge < -0.3 is 15.2 Å². The number of amides is 1. The molecular formula is C22H22N4O3. The van der Waals surface area contributed by atoms with Crippen molar-refractivity contribution < 1.29 is 14.6 Å². The number of aliphatic hydroxyl groups is 1. The van der Waals surface area contributed by atoms with Gasteiger partial charge in [0.15, 0.2) is 0 Å². The van der Waals surface area contributed by atoms with Crippen molar-refractivity contribution in [3.05, 3.63) is 71.5 Å². The first kappa shape index (κ1) is 17.9. The predicted octanol–water partition coefficient (Wildman–Crippen LogP) is 3.01. The molecule has 1 heterocycles. The lowest BCUT2D eigenvalue weighted by atomic mass is 9.86. The van der Waals surface area contributed by atoms with Gasteiger partial charge in [-0.3, -0.25) is 0 Å². The second kappa shape index (κ2) is 7.33. The number of aliphatic hydroxyl groups excluding tert-OH is 1. The van der Waals surface area contributed by atoms with Crippen LogP contribution in [0.2, 0.25) is 0 Å². The van der Waals surface area contributed by atoms with Gasteiger partial charge in [-0.25, -0.2) is 9.48 Å². The van der Waals surface area contributed by atoms with E-state index in [9.17, 15) is 4.79 Å². The molecule has 2 aliphatic rings. The summed E-state index contributed by atoms with van der Waals surface area (Å²) in [5, 5.41) is 20.0. The second-order valence-corrected chi connectivity index (χ2v) is 7.57. The second-order valence-electron chi connectivity index (χ2n) is 7.57. The Labute approximate surface area is 168 Å². The fourth-order valence-corrected chi connectivity index (χ4v) is 4.31. The van der Waals surface area contributed by atoms with Gasteiger partial charge in [-0.2, -0.15) is 0 Å². The Morgan fingerprint density at radius 3 is 2.38 bits per heavy atom. The number of nitrogens with one attached hydrogen (secondary N) is 1. The number of alkyl carbamates (subject to hydrolysis) is 1. The molecule has 1 saturated carbocycles. The number of hydrogen-bond acceptors (Lipinski definition) is 5. The SMILES string of the molecule is O=C(NC1CCC1n1cc(CO)nn1)OCC1c2ccccc2-c2ccccc21. The number of nitrogens with zero attached hydrogens (tertiary/aromatic N) is 3. The topological polar surface area (TPSA) is 89.3 Å². The van der Waals surface area contributed by atoms with Crippen LogP contribution in [0.5, 0.6) is 0 Å². The Hall–Kier alpha value is -3.19. The Balaban J connectivity index is 1.23. The minimum Gasteiger partial charge on any atom is -0.449 e. The maximum absolute atomic E-state index is 12.4. The predicted molar refractivity (Wildman–Crippen MR) is 106 cm³/mol. The zero-order valence-electron chi connectivity index (χ0n) is 15.9. The van der Waals surface area contributed by atoms with E-state index in [1.165, 1.54) is 22.3 Å². The maximum atomic E-state index is 12.4. The number of carbonyl (C=O) groups excluding carboxylic acids is 1. The van der Waals surface area contributed by atoms with Gasteiger partial charge in [-0.1, -0.05) is 53.7 Å². The van der Waals surface area contributed by atoms with Gasteiger partial charge in [0, 0.05) is 5.92 Å². The summed E-state index contributed by atoms with van der Waals surface area (Å²) in [4.78, 5) is 12.4. The molecule has 0 aliphatic heterocycles. The molecule has 2 aliphatic carbocycles. The lowest BCUT2D eigenvalue weighted by Crippen LogP contribution is -2.48. The molecule has 0 spiro atoms. The van der Waals surface area contributed by atoms with E-state index in [0.29, 0.717) is 12.3 Å². The quantitative estimate of drug-likeness (QED) is 0.699. The number of hydrogen-bond donors (Lipinski definition) is 2. The van der Waals surface area contributed by atoms with E-state index in [1.54, 1.807) is 10.9 Å². The number of fused-ring (bicyclic) bond motifs is 3. The van der Waals surface area contributed by atoms with Gasteiger partial charge in [0.25, 0.3) is 0 Å². The van der Waals surface area contributed by atoms with E-state index in [0.717, 1.165) is 12.8 Å². The molecule has 1 fully saturated rings. The molecule has 2 N–H and O–H groups in total. The van der Waals surface area contributed by atoms with Gasteiger partial charge in [0.2, 0.25) is 0 Å². The van der Waals surface area contributed by atoms with Crippen molar-refractivity contribution in [2.75, 3.05) is 6.61 Å². The fraction of sp³-hybridized carbons (Fsp3) is 0.318. The number of carbonyl (C=O) groups is 1. The maximum Gasteiger partial charge on any atom is 0.407 e. The van der Waals surface area contributed by atoms with Crippen LogP contribution in [-0.2, 0) is 11.3 Å². The van der Waals surface area contributed by atoms with Gasteiger partial charge in [0.1, 0.15) is 12.3 Å². The summed E-state index contributed by atoms with van der Waals surface area (Å²) in [5.41, 5.74) is 5.34. The van der Waals surface area contributed by atoms with E-state index in [1.807, 2.05) is 24.3 Å². The first-order valence-electron chi connectivity index (χ1n) is 9.87. The number of rotatable bonds is 5. The lowest BCUT2D eigenvalue weighted by molar-refractivity contribution is 0.119. The third-order valence-electron chi connectivity index (χ3n) is 5.94. The van der Waals surface area contributed by atoms with Crippen LogP contribution < -0.4 is 5.32 Å². The molecule has 0 saturated heterocycles. The highest BCUT2D eigenvalue weighted by molar-refractivity contribution is 5.79. The molecule has 2 atom stereocenters. The van der Waals surface area contributed by atoms with E-state index in [-0.39, 0.29) is 24.6 Å². The molecule has 2 aromatic carbocycles. The van der Waals surface area contributed by atoms with Crippen LogP contribution in [0.3, 0.4) is 0 Å². The fourth-order valence-electron chi connectivity index (χ4n) is 4.31. The van der Waals surface area contributed by atoms with Crippen molar-refractivity contribution in [2.24, 2.45) is 0 Å². The summed E-state index contributed by atoms with van der Waals surface area (Å²) in [6.45, 7) is 0.159. The minimum atomic E-state index is -0.413. The summed E-state index contributed by atoms with van der Waals surface area (Å²) in [6.07, 6.45) is 3.08. The van der Waals surface area contributed by atoms with Crippen molar-refractivity contribution in [3.8, 4) is 11.1 Å². The molecule has 2 unspecified atom stereocenters. The lowest BCUT2D eigenvalue weighted by Gasteiger charge is -2.36. The largest absolute Gasteiger partial charge is 0.449 e. The van der Waals surface area contributed by atoms with E-state index in [4.69, 9.17) is 9.84 Å². The Morgan fingerprint density at radius 2 is 1.79 bits per heavy atom. The summed E-state index contributed by atoms with van der Waals surface area (Å²) in [7, 11) is 0. The zero-order chi connectivity index (χ0) is 19.8. The molecule has 3 aromatic rings. The Bertz CT molecular complexity index is 1000. The van der Waals surface area contributed by atoms with Crippen LogP contribution in [0.4, 0.5) is 4.79 Å². The van der Waals surface area contributed by atoms with Crippen molar-refractivity contribution in [2.45, 2.75) is 37.5 Å². The van der Waals surface area contributed by atoms with E-state index in [2.05, 4.69) is 39.9 Å². The normalized spacial score (nSPS) is 19.9. The minimum absolute atomic E-state index is 0.0427. The van der Waals surface area contributed by atoms with Crippen LogP contribution in [0.1, 0.15) is 41.6 Å². The van der Waals surface area contributed by atoms with Crippen molar-refractivity contribution in [1.82, 2.24) is 20.3 Å². The van der Waals surface area contributed by atoms with E-state index >= 15 is 0 Å². The average molecular weight is 390 g/mol. The third-order valence-corrected chi connectivity index (χ3v) is 5.94. The van der Waals surface area contributed by atoms with Crippen LogP contribution in [0.15, 0.2) is 54.7 Å². The van der Waals surface area contributed by atoms with Gasteiger partial charge >= 0.3 is 6.09 Å². The molecule has 7 nitrogen and oxygen atoms in total.